The molecule has 0 bridgehead atoms. The molecule has 0 aliphatic carbocycles. The summed E-state index contributed by atoms with van der Waals surface area (Å²) in [4.78, 5) is 8.86. The lowest BCUT2D eigenvalue weighted by Gasteiger charge is -2.33. The fourth-order valence-electron chi connectivity index (χ4n) is 3.29. The molecule has 1 fully saturated rings. The van der Waals surface area contributed by atoms with Crippen LogP contribution in [0.3, 0.4) is 0 Å². The molecule has 0 radical (unpaired) electrons. The zero-order valence-corrected chi connectivity index (χ0v) is 15.9. The number of halogens is 2. The number of ether oxygens (including phenoxy) is 1. The van der Waals surface area contributed by atoms with E-state index < -0.39 is 6.61 Å². The van der Waals surface area contributed by atoms with E-state index in [0.717, 1.165) is 44.2 Å². The summed E-state index contributed by atoms with van der Waals surface area (Å²) in [6.45, 7) is 3.67. The van der Waals surface area contributed by atoms with Gasteiger partial charge in [0.2, 0.25) is 11.7 Å². The van der Waals surface area contributed by atoms with Gasteiger partial charge in [-0.2, -0.15) is 13.8 Å². The predicted octanol–water partition coefficient (Wildman–Crippen LogP) is 2.95. The van der Waals surface area contributed by atoms with Crippen molar-refractivity contribution in [1.82, 2.24) is 25.1 Å². The number of para-hydroxylation sites is 1. The van der Waals surface area contributed by atoms with Crippen molar-refractivity contribution in [2.75, 3.05) is 26.2 Å². The minimum Gasteiger partial charge on any atom is -0.434 e. The van der Waals surface area contributed by atoms with Gasteiger partial charge in [-0.05, 0) is 19.1 Å². The van der Waals surface area contributed by atoms with Gasteiger partial charge in [-0.15, -0.1) is 0 Å². The minimum absolute atomic E-state index is 0.0196. The highest BCUT2D eigenvalue weighted by molar-refractivity contribution is 5.63. The maximum Gasteiger partial charge on any atom is 0.387 e. The summed E-state index contributed by atoms with van der Waals surface area (Å²) in [5.74, 6) is 1.55. The molecule has 1 saturated heterocycles. The molecule has 0 spiro atoms. The van der Waals surface area contributed by atoms with Gasteiger partial charge in [-0.3, -0.25) is 9.80 Å². The van der Waals surface area contributed by atoms with Gasteiger partial charge in [-0.25, -0.2) is 0 Å². The highest BCUT2D eigenvalue weighted by atomic mass is 19.3. The molecule has 1 aliphatic heterocycles. The van der Waals surface area contributed by atoms with Crippen LogP contribution in [0.2, 0.25) is 0 Å². The molecule has 3 aromatic rings. The van der Waals surface area contributed by atoms with Crippen LogP contribution < -0.4 is 4.74 Å². The van der Waals surface area contributed by atoms with Crippen LogP contribution in [0.4, 0.5) is 8.78 Å². The lowest BCUT2D eigenvalue weighted by molar-refractivity contribution is -0.0494. The molecular formula is C19H21F2N5O3. The second kappa shape index (κ2) is 8.66. The van der Waals surface area contributed by atoms with E-state index in [0.29, 0.717) is 18.0 Å². The third-order valence-corrected chi connectivity index (χ3v) is 4.69. The summed E-state index contributed by atoms with van der Waals surface area (Å²) in [6, 6.07) is 8.34. The Labute approximate surface area is 166 Å². The van der Waals surface area contributed by atoms with Crippen molar-refractivity contribution < 1.29 is 22.6 Å². The van der Waals surface area contributed by atoms with Crippen molar-refractivity contribution >= 4 is 0 Å². The Morgan fingerprint density at radius 3 is 2.45 bits per heavy atom. The summed E-state index contributed by atoms with van der Waals surface area (Å²) in [5.41, 5.74) is 1.25. The van der Waals surface area contributed by atoms with Crippen molar-refractivity contribution in [1.29, 1.82) is 0 Å². The van der Waals surface area contributed by atoms with Crippen LogP contribution in [0, 0.1) is 6.92 Å². The Balaban J connectivity index is 1.33. The smallest absolute Gasteiger partial charge is 0.387 e. The first-order chi connectivity index (χ1) is 14.1. The van der Waals surface area contributed by atoms with Gasteiger partial charge in [-0.1, -0.05) is 22.4 Å². The largest absolute Gasteiger partial charge is 0.434 e. The number of aryl methyl sites for hydroxylation is 1. The van der Waals surface area contributed by atoms with Gasteiger partial charge in [0.05, 0.1) is 24.3 Å². The maximum atomic E-state index is 12.6. The number of alkyl halides is 2. The van der Waals surface area contributed by atoms with Crippen molar-refractivity contribution in [3.05, 3.63) is 47.7 Å². The molecule has 2 aromatic heterocycles. The second-order valence-electron chi connectivity index (χ2n) is 6.87. The van der Waals surface area contributed by atoms with E-state index in [1.165, 1.54) is 6.07 Å². The fraction of sp³-hybridized carbons (Fsp3) is 0.421. The number of benzene rings is 1. The summed E-state index contributed by atoms with van der Waals surface area (Å²) < 4.78 is 40.3. The average Bonchev–Trinajstić information content (AvgIpc) is 3.32. The van der Waals surface area contributed by atoms with E-state index >= 15 is 0 Å². The molecule has 10 heteroatoms. The number of hydrogen-bond acceptors (Lipinski definition) is 8. The van der Waals surface area contributed by atoms with E-state index in [1.54, 1.807) is 18.2 Å². The molecule has 29 heavy (non-hydrogen) atoms. The van der Waals surface area contributed by atoms with Crippen LogP contribution in [-0.4, -0.2) is 57.9 Å². The Morgan fingerprint density at radius 2 is 1.76 bits per heavy atom. The molecule has 4 rings (SSSR count). The maximum absolute atomic E-state index is 12.6. The topological polar surface area (TPSA) is 80.7 Å². The van der Waals surface area contributed by atoms with Gasteiger partial charge in [0, 0.05) is 32.2 Å². The van der Waals surface area contributed by atoms with E-state index in [4.69, 9.17) is 9.05 Å². The normalized spacial score (nSPS) is 15.9. The van der Waals surface area contributed by atoms with Gasteiger partial charge in [0.25, 0.3) is 0 Å². The van der Waals surface area contributed by atoms with Gasteiger partial charge < -0.3 is 13.8 Å². The first-order valence-corrected chi connectivity index (χ1v) is 9.30. The third-order valence-electron chi connectivity index (χ3n) is 4.69. The predicted molar refractivity (Wildman–Crippen MR) is 98.2 cm³/mol. The lowest BCUT2D eigenvalue weighted by Crippen LogP contribution is -2.45. The third kappa shape index (κ3) is 4.96. The van der Waals surface area contributed by atoms with Crippen LogP contribution >= 0.6 is 0 Å². The number of rotatable bonds is 7. The monoisotopic (exact) mass is 405 g/mol. The molecule has 1 aromatic carbocycles. The highest BCUT2D eigenvalue weighted by Gasteiger charge is 2.21. The second-order valence-corrected chi connectivity index (χ2v) is 6.87. The molecule has 0 N–H and O–H groups in total. The van der Waals surface area contributed by atoms with Crippen LogP contribution in [0.1, 0.15) is 17.3 Å². The van der Waals surface area contributed by atoms with Crippen molar-refractivity contribution in [2.24, 2.45) is 0 Å². The number of hydrogen-bond donors (Lipinski definition) is 0. The molecule has 0 amide bonds. The van der Waals surface area contributed by atoms with Crippen LogP contribution in [-0.2, 0) is 13.1 Å². The molecule has 0 unspecified atom stereocenters. The molecule has 0 atom stereocenters. The van der Waals surface area contributed by atoms with Gasteiger partial charge in [0.15, 0.2) is 5.76 Å². The van der Waals surface area contributed by atoms with Gasteiger partial charge in [0.1, 0.15) is 5.75 Å². The van der Waals surface area contributed by atoms with Crippen molar-refractivity contribution in [3.8, 4) is 17.1 Å². The number of piperazine rings is 1. The quantitative estimate of drug-likeness (QED) is 0.594. The standard InChI is InChI=1S/C19H21F2N5O3/c1-13-10-14(28-23-13)11-25-6-8-26(9-7-25)12-17-22-18(24-29-17)15-4-2-3-5-16(15)27-19(20)21/h2-5,10,19H,6-9,11-12H2,1H3. The van der Waals surface area contributed by atoms with E-state index in [2.05, 4.69) is 29.8 Å². The van der Waals surface area contributed by atoms with E-state index in [9.17, 15) is 8.78 Å². The zero-order valence-electron chi connectivity index (χ0n) is 15.9. The average molecular weight is 405 g/mol. The van der Waals surface area contributed by atoms with Gasteiger partial charge >= 0.3 is 6.61 Å². The summed E-state index contributed by atoms with van der Waals surface area (Å²) >= 11 is 0. The molecule has 8 nitrogen and oxygen atoms in total. The molecule has 154 valence electrons. The molecule has 3 heterocycles. The van der Waals surface area contributed by atoms with Crippen LogP contribution in [0.15, 0.2) is 39.4 Å². The SMILES string of the molecule is Cc1cc(CN2CCN(Cc3nc(-c4ccccc4OC(F)F)no3)CC2)on1. The summed E-state index contributed by atoms with van der Waals surface area (Å²) in [5, 5.41) is 7.84. The molecule has 1 aliphatic rings. The van der Waals surface area contributed by atoms with Crippen molar-refractivity contribution in [3.63, 3.8) is 0 Å². The Hall–Kier alpha value is -2.85. The number of aromatic nitrogens is 3. The molecular weight excluding hydrogens is 384 g/mol. The molecule has 0 saturated carbocycles. The first kappa shape index (κ1) is 19.5. The Bertz CT molecular complexity index is 937. The van der Waals surface area contributed by atoms with Crippen LogP contribution in [0.5, 0.6) is 5.75 Å². The van der Waals surface area contributed by atoms with E-state index in [1.807, 2.05) is 13.0 Å². The minimum atomic E-state index is -2.92. The highest BCUT2D eigenvalue weighted by Crippen LogP contribution is 2.29. The lowest BCUT2D eigenvalue weighted by atomic mass is 10.2. The summed E-state index contributed by atoms with van der Waals surface area (Å²) in [7, 11) is 0. The van der Waals surface area contributed by atoms with Crippen LogP contribution in [0.25, 0.3) is 11.4 Å². The van der Waals surface area contributed by atoms with Crippen molar-refractivity contribution in [2.45, 2.75) is 26.6 Å². The summed E-state index contributed by atoms with van der Waals surface area (Å²) in [6.07, 6.45) is 0. The first-order valence-electron chi connectivity index (χ1n) is 9.30. The Kier molecular flexibility index (Phi) is 5.81. The Morgan fingerprint density at radius 1 is 1.03 bits per heavy atom. The fourth-order valence-corrected chi connectivity index (χ4v) is 3.29. The van der Waals surface area contributed by atoms with E-state index in [-0.39, 0.29) is 11.6 Å². The number of nitrogens with zero attached hydrogens (tertiary/aromatic N) is 5. The zero-order chi connectivity index (χ0) is 20.2.